The Morgan fingerprint density at radius 1 is 1.44 bits per heavy atom. The number of hydrogen-bond acceptors (Lipinski definition) is 4. The summed E-state index contributed by atoms with van der Waals surface area (Å²) in [6, 6.07) is 6.61. The van der Waals surface area contributed by atoms with Crippen molar-refractivity contribution in [3.05, 3.63) is 57.7 Å². The lowest BCUT2D eigenvalue weighted by Gasteiger charge is -2.23. The SMILES string of the molecule is O=[N+]([O-])c1cccc(C2NCCc3[nH]cnc32)c1. The monoisotopic (exact) mass is 244 g/mol. The van der Waals surface area contributed by atoms with Gasteiger partial charge in [-0.05, 0) is 5.56 Å². The highest BCUT2D eigenvalue weighted by Crippen LogP contribution is 2.28. The number of rotatable bonds is 2. The highest BCUT2D eigenvalue weighted by atomic mass is 16.6. The van der Waals surface area contributed by atoms with E-state index in [4.69, 9.17) is 0 Å². The normalized spacial score (nSPS) is 18.3. The van der Waals surface area contributed by atoms with Crippen LogP contribution in [-0.2, 0) is 6.42 Å². The van der Waals surface area contributed by atoms with E-state index < -0.39 is 0 Å². The van der Waals surface area contributed by atoms with E-state index in [1.54, 1.807) is 18.5 Å². The molecule has 1 atom stereocenters. The predicted octanol–water partition coefficient (Wildman–Crippen LogP) is 1.55. The number of non-ortho nitro benzene ring substituents is 1. The molecule has 0 fully saturated rings. The van der Waals surface area contributed by atoms with Gasteiger partial charge in [-0.3, -0.25) is 10.1 Å². The molecule has 0 bridgehead atoms. The quantitative estimate of drug-likeness (QED) is 0.620. The number of imidazole rings is 1. The predicted molar refractivity (Wildman–Crippen MR) is 65.2 cm³/mol. The number of nitrogens with one attached hydrogen (secondary N) is 2. The maximum atomic E-state index is 10.8. The van der Waals surface area contributed by atoms with Gasteiger partial charge < -0.3 is 10.3 Å². The molecule has 2 aromatic rings. The van der Waals surface area contributed by atoms with E-state index in [1.807, 2.05) is 6.07 Å². The van der Waals surface area contributed by atoms with E-state index in [1.165, 1.54) is 6.07 Å². The Bertz CT molecular complexity index is 593. The summed E-state index contributed by atoms with van der Waals surface area (Å²) < 4.78 is 0. The number of H-pyrrole nitrogens is 1. The van der Waals surface area contributed by atoms with Crippen molar-refractivity contribution in [1.82, 2.24) is 15.3 Å². The van der Waals surface area contributed by atoms with Gasteiger partial charge in [0, 0.05) is 30.8 Å². The van der Waals surface area contributed by atoms with Crippen LogP contribution in [0.25, 0.3) is 0 Å². The minimum atomic E-state index is -0.377. The average molecular weight is 244 g/mol. The molecule has 1 aliphatic heterocycles. The fourth-order valence-electron chi connectivity index (χ4n) is 2.31. The van der Waals surface area contributed by atoms with Crippen molar-refractivity contribution < 1.29 is 4.92 Å². The van der Waals surface area contributed by atoms with Crippen molar-refractivity contribution in [1.29, 1.82) is 0 Å². The van der Waals surface area contributed by atoms with Crippen molar-refractivity contribution in [2.24, 2.45) is 0 Å². The third kappa shape index (κ3) is 1.76. The first kappa shape index (κ1) is 10.9. The molecular formula is C12H12N4O2. The molecule has 92 valence electrons. The third-order valence-electron chi connectivity index (χ3n) is 3.16. The van der Waals surface area contributed by atoms with Gasteiger partial charge in [-0.25, -0.2) is 4.98 Å². The Morgan fingerprint density at radius 3 is 3.17 bits per heavy atom. The summed E-state index contributed by atoms with van der Waals surface area (Å²) in [6.45, 7) is 0.836. The molecule has 0 amide bonds. The second-order valence-electron chi connectivity index (χ2n) is 4.26. The molecule has 0 saturated carbocycles. The highest BCUT2D eigenvalue weighted by Gasteiger charge is 2.24. The lowest BCUT2D eigenvalue weighted by atomic mass is 9.98. The summed E-state index contributed by atoms with van der Waals surface area (Å²) in [4.78, 5) is 17.8. The van der Waals surface area contributed by atoms with Crippen LogP contribution in [0.15, 0.2) is 30.6 Å². The first-order valence-corrected chi connectivity index (χ1v) is 5.75. The van der Waals surface area contributed by atoms with Crippen LogP contribution in [0.3, 0.4) is 0 Å². The van der Waals surface area contributed by atoms with E-state index in [0.717, 1.165) is 29.9 Å². The van der Waals surface area contributed by atoms with E-state index >= 15 is 0 Å². The van der Waals surface area contributed by atoms with Crippen molar-refractivity contribution >= 4 is 5.69 Å². The highest BCUT2D eigenvalue weighted by molar-refractivity contribution is 5.40. The molecule has 3 rings (SSSR count). The van der Waals surface area contributed by atoms with Crippen LogP contribution in [0, 0.1) is 10.1 Å². The second kappa shape index (κ2) is 4.23. The molecule has 1 aromatic carbocycles. The van der Waals surface area contributed by atoms with E-state index in [2.05, 4.69) is 15.3 Å². The van der Waals surface area contributed by atoms with Crippen LogP contribution in [-0.4, -0.2) is 21.4 Å². The van der Waals surface area contributed by atoms with Gasteiger partial charge in [-0.15, -0.1) is 0 Å². The number of hydrogen-bond donors (Lipinski definition) is 2. The molecule has 0 saturated heterocycles. The van der Waals surface area contributed by atoms with Gasteiger partial charge in [0.05, 0.1) is 23.0 Å². The number of aromatic amines is 1. The molecule has 2 heterocycles. The van der Waals surface area contributed by atoms with Gasteiger partial charge in [0.1, 0.15) is 0 Å². The standard InChI is InChI=1S/C12H12N4O2/c17-16(18)9-3-1-2-8(6-9)11-12-10(4-5-13-11)14-7-15-12/h1-3,6-7,11,13H,4-5H2,(H,14,15). The smallest absolute Gasteiger partial charge is 0.269 e. The Balaban J connectivity index is 2.02. The second-order valence-corrected chi connectivity index (χ2v) is 4.26. The number of aromatic nitrogens is 2. The fraction of sp³-hybridized carbons (Fsp3) is 0.250. The van der Waals surface area contributed by atoms with Crippen molar-refractivity contribution in [3.8, 4) is 0 Å². The maximum absolute atomic E-state index is 10.8. The molecule has 1 aliphatic rings. The van der Waals surface area contributed by atoms with Gasteiger partial charge in [-0.2, -0.15) is 0 Å². The molecule has 6 nitrogen and oxygen atoms in total. The van der Waals surface area contributed by atoms with Gasteiger partial charge in [0.2, 0.25) is 0 Å². The summed E-state index contributed by atoms with van der Waals surface area (Å²) in [5.41, 5.74) is 3.02. The van der Waals surface area contributed by atoms with Gasteiger partial charge in [0.15, 0.2) is 0 Å². The van der Waals surface area contributed by atoms with Crippen molar-refractivity contribution in [3.63, 3.8) is 0 Å². The van der Waals surface area contributed by atoms with Gasteiger partial charge in [0.25, 0.3) is 5.69 Å². The molecule has 0 radical (unpaired) electrons. The van der Waals surface area contributed by atoms with E-state index in [-0.39, 0.29) is 16.7 Å². The minimum absolute atomic E-state index is 0.0695. The Morgan fingerprint density at radius 2 is 2.33 bits per heavy atom. The topological polar surface area (TPSA) is 83.9 Å². The molecule has 18 heavy (non-hydrogen) atoms. The van der Waals surface area contributed by atoms with E-state index in [9.17, 15) is 10.1 Å². The molecule has 0 spiro atoms. The molecular weight excluding hydrogens is 232 g/mol. The van der Waals surface area contributed by atoms with E-state index in [0.29, 0.717) is 0 Å². The van der Waals surface area contributed by atoms with Gasteiger partial charge in [-0.1, -0.05) is 12.1 Å². The van der Waals surface area contributed by atoms with Crippen molar-refractivity contribution in [2.75, 3.05) is 6.54 Å². The lowest BCUT2D eigenvalue weighted by Crippen LogP contribution is -2.30. The minimum Gasteiger partial charge on any atom is -0.348 e. The van der Waals surface area contributed by atoms with Crippen LogP contribution < -0.4 is 5.32 Å². The Hall–Kier alpha value is -2.21. The fourth-order valence-corrected chi connectivity index (χ4v) is 2.31. The Labute approximate surface area is 103 Å². The van der Waals surface area contributed by atoms with Crippen LogP contribution in [0.5, 0.6) is 0 Å². The molecule has 0 aliphatic carbocycles. The molecule has 6 heteroatoms. The summed E-state index contributed by atoms with van der Waals surface area (Å²) >= 11 is 0. The maximum Gasteiger partial charge on any atom is 0.269 e. The van der Waals surface area contributed by atoms with Gasteiger partial charge >= 0.3 is 0 Å². The first-order valence-electron chi connectivity index (χ1n) is 5.75. The number of nitrogens with zero attached hydrogens (tertiary/aromatic N) is 2. The summed E-state index contributed by atoms with van der Waals surface area (Å²) in [5.74, 6) is 0. The number of fused-ring (bicyclic) bond motifs is 1. The number of nitro benzene ring substituents is 1. The summed E-state index contributed by atoms with van der Waals surface area (Å²) in [6.07, 6.45) is 2.57. The molecule has 1 aromatic heterocycles. The summed E-state index contributed by atoms with van der Waals surface area (Å²) in [5, 5.41) is 14.1. The molecule has 1 unspecified atom stereocenters. The molecule has 2 N–H and O–H groups in total. The van der Waals surface area contributed by atoms with Crippen LogP contribution in [0.1, 0.15) is 23.0 Å². The Kier molecular flexibility index (Phi) is 2.56. The van der Waals surface area contributed by atoms with Crippen LogP contribution in [0.2, 0.25) is 0 Å². The largest absolute Gasteiger partial charge is 0.348 e. The third-order valence-corrected chi connectivity index (χ3v) is 3.16. The number of nitro groups is 1. The zero-order valence-electron chi connectivity index (χ0n) is 9.59. The number of benzene rings is 1. The average Bonchev–Trinajstić information content (AvgIpc) is 2.87. The van der Waals surface area contributed by atoms with Crippen LogP contribution in [0.4, 0.5) is 5.69 Å². The van der Waals surface area contributed by atoms with Crippen LogP contribution >= 0.6 is 0 Å². The zero-order chi connectivity index (χ0) is 12.5. The first-order chi connectivity index (χ1) is 8.75. The zero-order valence-corrected chi connectivity index (χ0v) is 9.59. The van der Waals surface area contributed by atoms with Crippen molar-refractivity contribution in [2.45, 2.75) is 12.5 Å². The summed E-state index contributed by atoms with van der Waals surface area (Å²) in [7, 11) is 0. The lowest BCUT2D eigenvalue weighted by molar-refractivity contribution is -0.384.